The standard InChI is InChI=1S/C25H30N5O2/c1-20-17-23(28(15-16-30(2,3)4)19-21-9-6-5-7-10-21)13-14-25(20)27-26-22-11-8-12-24(18-22)29(31)32/h5-14,17-18H,15-16,19H2,1-4H3/q+1. The molecule has 0 aliphatic heterocycles. The first kappa shape index (κ1) is 23.1. The second kappa shape index (κ2) is 10.2. The van der Waals surface area contributed by atoms with Crippen molar-refractivity contribution in [1.29, 1.82) is 0 Å². The molecule has 0 amide bonds. The molecule has 0 bridgehead atoms. The van der Waals surface area contributed by atoms with Crippen LogP contribution in [0.5, 0.6) is 0 Å². The van der Waals surface area contributed by atoms with Crippen LogP contribution in [0.25, 0.3) is 0 Å². The van der Waals surface area contributed by atoms with Gasteiger partial charge in [-0.2, -0.15) is 10.2 Å². The number of azo groups is 1. The summed E-state index contributed by atoms with van der Waals surface area (Å²) in [5, 5.41) is 19.5. The number of nitro groups is 1. The Labute approximate surface area is 189 Å². The van der Waals surface area contributed by atoms with E-state index in [2.05, 4.69) is 72.7 Å². The molecule has 0 unspecified atom stereocenters. The van der Waals surface area contributed by atoms with Gasteiger partial charge >= 0.3 is 0 Å². The molecule has 3 aromatic carbocycles. The molecule has 3 rings (SSSR count). The number of nitro benzene ring substituents is 1. The first-order chi connectivity index (χ1) is 15.2. The highest BCUT2D eigenvalue weighted by molar-refractivity contribution is 5.58. The van der Waals surface area contributed by atoms with Crippen LogP contribution in [0, 0.1) is 17.0 Å². The summed E-state index contributed by atoms with van der Waals surface area (Å²) in [6, 6.07) is 22.8. The predicted octanol–water partition coefficient (Wildman–Crippen LogP) is 6.03. The molecule has 32 heavy (non-hydrogen) atoms. The van der Waals surface area contributed by atoms with Gasteiger partial charge < -0.3 is 9.38 Å². The van der Waals surface area contributed by atoms with E-state index in [4.69, 9.17) is 0 Å². The minimum Gasteiger partial charge on any atom is -0.362 e. The van der Waals surface area contributed by atoms with E-state index in [1.165, 1.54) is 17.7 Å². The van der Waals surface area contributed by atoms with Crippen LogP contribution in [-0.2, 0) is 6.54 Å². The van der Waals surface area contributed by atoms with E-state index < -0.39 is 4.92 Å². The minimum absolute atomic E-state index is 0.00215. The van der Waals surface area contributed by atoms with Gasteiger partial charge in [0, 0.05) is 24.4 Å². The van der Waals surface area contributed by atoms with E-state index in [1.54, 1.807) is 12.1 Å². The number of hydrogen-bond donors (Lipinski definition) is 0. The van der Waals surface area contributed by atoms with E-state index in [1.807, 2.05) is 19.1 Å². The molecule has 0 heterocycles. The smallest absolute Gasteiger partial charge is 0.271 e. The largest absolute Gasteiger partial charge is 0.362 e. The number of hydrogen-bond acceptors (Lipinski definition) is 5. The average Bonchev–Trinajstić information content (AvgIpc) is 2.76. The van der Waals surface area contributed by atoms with Gasteiger partial charge in [0.1, 0.15) is 0 Å². The van der Waals surface area contributed by atoms with E-state index >= 15 is 0 Å². The fraction of sp³-hybridized carbons (Fsp3) is 0.280. The summed E-state index contributed by atoms with van der Waals surface area (Å²) < 4.78 is 0.889. The molecule has 0 atom stereocenters. The van der Waals surface area contributed by atoms with Crippen molar-refractivity contribution in [2.75, 3.05) is 39.1 Å². The summed E-state index contributed by atoms with van der Waals surface area (Å²) in [5.74, 6) is 0. The molecule has 0 N–H and O–H groups in total. The molecule has 0 aliphatic carbocycles. The maximum absolute atomic E-state index is 11.0. The summed E-state index contributed by atoms with van der Waals surface area (Å²) in [7, 11) is 6.59. The summed E-state index contributed by atoms with van der Waals surface area (Å²) in [6.45, 7) is 4.77. The third-order valence-electron chi connectivity index (χ3n) is 5.12. The normalized spacial score (nSPS) is 11.6. The van der Waals surface area contributed by atoms with Crippen molar-refractivity contribution in [2.45, 2.75) is 13.5 Å². The Hall–Kier alpha value is -3.58. The summed E-state index contributed by atoms with van der Waals surface area (Å²) in [4.78, 5) is 12.9. The van der Waals surface area contributed by atoms with Gasteiger partial charge in [-0.3, -0.25) is 10.1 Å². The van der Waals surface area contributed by atoms with Crippen LogP contribution in [-0.4, -0.2) is 43.6 Å². The van der Waals surface area contributed by atoms with Crippen molar-refractivity contribution < 1.29 is 9.41 Å². The van der Waals surface area contributed by atoms with E-state index in [0.717, 1.165) is 41.1 Å². The maximum Gasteiger partial charge on any atom is 0.271 e. The molecular formula is C25H30N5O2+. The number of anilines is 1. The lowest BCUT2D eigenvalue weighted by atomic mass is 10.1. The SMILES string of the molecule is Cc1cc(N(CC[N+](C)(C)C)Cc2ccccc2)ccc1N=Nc1cccc([N+](=O)[O-])c1. The molecule has 0 spiro atoms. The van der Waals surface area contributed by atoms with Crippen LogP contribution in [0.15, 0.2) is 83.0 Å². The molecule has 7 heteroatoms. The molecule has 0 radical (unpaired) electrons. The van der Waals surface area contributed by atoms with Crippen LogP contribution < -0.4 is 4.90 Å². The van der Waals surface area contributed by atoms with Gasteiger partial charge in [0.2, 0.25) is 0 Å². The number of non-ortho nitro benzene ring substituents is 1. The Morgan fingerprint density at radius 2 is 1.69 bits per heavy atom. The molecule has 0 aromatic heterocycles. The van der Waals surface area contributed by atoms with Crippen molar-refractivity contribution in [1.82, 2.24) is 0 Å². The van der Waals surface area contributed by atoms with Gasteiger partial charge in [0.05, 0.1) is 50.5 Å². The molecule has 0 saturated carbocycles. The van der Waals surface area contributed by atoms with Gasteiger partial charge in [-0.05, 0) is 42.3 Å². The lowest BCUT2D eigenvalue weighted by molar-refractivity contribution is -0.868. The zero-order valence-electron chi connectivity index (χ0n) is 19.1. The quantitative estimate of drug-likeness (QED) is 0.179. The highest BCUT2D eigenvalue weighted by atomic mass is 16.6. The number of quaternary nitrogens is 1. The Morgan fingerprint density at radius 1 is 0.938 bits per heavy atom. The van der Waals surface area contributed by atoms with E-state index in [0.29, 0.717) is 5.69 Å². The minimum atomic E-state index is -0.434. The third-order valence-corrected chi connectivity index (χ3v) is 5.12. The molecule has 0 aliphatic rings. The number of nitrogens with zero attached hydrogens (tertiary/aromatic N) is 5. The number of benzene rings is 3. The Morgan fingerprint density at radius 3 is 2.34 bits per heavy atom. The number of aryl methyl sites for hydroxylation is 1. The zero-order chi connectivity index (χ0) is 23.1. The van der Waals surface area contributed by atoms with Crippen molar-refractivity contribution in [2.24, 2.45) is 10.2 Å². The first-order valence-corrected chi connectivity index (χ1v) is 10.6. The molecule has 0 fully saturated rings. The van der Waals surface area contributed by atoms with Crippen LogP contribution in [0.3, 0.4) is 0 Å². The number of likely N-dealkylation sites (N-methyl/N-ethyl adjacent to an activating group) is 1. The lowest BCUT2D eigenvalue weighted by Crippen LogP contribution is -2.42. The van der Waals surface area contributed by atoms with Crippen LogP contribution in [0.2, 0.25) is 0 Å². The van der Waals surface area contributed by atoms with Crippen molar-refractivity contribution in [3.63, 3.8) is 0 Å². The summed E-state index contributed by atoms with van der Waals surface area (Å²) >= 11 is 0. The predicted molar refractivity (Wildman–Crippen MR) is 129 cm³/mol. The molecule has 3 aromatic rings. The molecule has 7 nitrogen and oxygen atoms in total. The highest BCUT2D eigenvalue weighted by Crippen LogP contribution is 2.28. The van der Waals surface area contributed by atoms with Gasteiger partial charge in [-0.1, -0.05) is 36.4 Å². The Bertz CT molecular complexity index is 1090. The van der Waals surface area contributed by atoms with Crippen molar-refractivity contribution in [3.8, 4) is 0 Å². The van der Waals surface area contributed by atoms with E-state index in [9.17, 15) is 10.1 Å². The zero-order valence-corrected chi connectivity index (χ0v) is 19.1. The monoisotopic (exact) mass is 432 g/mol. The molecular weight excluding hydrogens is 402 g/mol. The van der Waals surface area contributed by atoms with Crippen molar-refractivity contribution >= 4 is 22.7 Å². The summed E-state index contributed by atoms with van der Waals surface area (Å²) in [5.41, 5.74) is 4.60. The van der Waals surface area contributed by atoms with Crippen LogP contribution in [0.4, 0.5) is 22.7 Å². The van der Waals surface area contributed by atoms with Gasteiger partial charge in [-0.15, -0.1) is 0 Å². The summed E-state index contributed by atoms with van der Waals surface area (Å²) in [6.07, 6.45) is 0. The third kappa shape index (κ3) is 6.72. The van der Waals surface area contributed by atoms with Crippen molar-refractivity contribution in [3.05, 3.63) is 94.0 Å². The second-order valence-corrected chi connectivity index (χ2v) is 8.87. The second-order valence-electron chi connectivity index (χ2n) is 8.87. The fourth-order valence-electron chi connectivity index (χ4n) is 3.25. The van der Waals surface area contributed by atoms with E-state index in [-0.39, 0.29) is 5.69 Å². The van der Waals surface area contributed by atoms with Crippen LogP contribution >= 0.6 is 0 Å². The van der Waals surface area contributed by atoms with Gasteiger partial charge in [-0.25, -0.2) is 0 Å². The highest BCUT2D eigenvalue weighted by Gasteiger charge is 2.14. The molecule has 0 saturated heterocycles. The Balaban J connectivity index is 1.82. The van der Waals surface area contributed by atoms with Gasteiger partial charge in [0.25, 0.3) is 5.69 Å². The maximum atomic E-state index is 11.0. The Kier molecular flexibility index (Phi) is 7.33. The van der Waals surface area contributed by atoms with Gasteiger partial charge in [0.15, 0.2) is 0 Å². The average molecular weight is 433 g/mol. The first-order valence-electron chi connectivity index (χ1n) is 10.6. The lowest BCUT2D eigenvalue weighted by Gasteiger charge is -2.30. The number of rotatable bonds is 9. The molecule has 166 valence electrons. The topological polar surface area (TPSA) is 71.1 Å². The fourth-order valence-corrected chi connectivity index (χ4v) is 3.25. The van der Waals surface area contributed by atoms with Crippen LogP contribution in [0.1, 0.15) is 11.1 Å².